The smallest absolute Gasteiger partial charge is 0.0511 e. The molecular weight excluding hydrogens is 254 g/mol. The maximum atomic E-state index is 5.42. The van der Waals surface area contributed by atoms with E-state index in [1.54, 1.807) is 0 Å². The first-order chi connectivity index (χ1) is 9.33. The van der Waals surface area contributed by atoms with Gasteiger partial charge in [-0.25, -0.2) is 0 Å². The first-order valence-corrected chi connectivity index (χ1v) is 8.35. The molecule has 0 bridgehead atoms. The van der Waals surface area contributed by atoms with Crippen LogP contribution in [0.25, 0.3) is 0 Å². The van der Waals surface area contributed by atoms with E-state index in [4.69, 9.17) is 4.74 Å². The molecule has 1 fully saturated rings. The number of fused-ring (bicyclic) bond motifs is 1. The van der Waals surface area contributed by atoms with Crippen molar-refractivity contribution in [1.29, 1.82) is 0 Å². The van der Waals surface area contributed by atoms with E-state index in [2.05, 4.69) is 29.4 Å². The van der Waals surface area contributed by atoms with Crippen LogP contribution >= 0.6 is 11.9 Å². The molecule has 0 unspecified atom stereocenters. The molecule has 106 valence electrons. The number of aryl methyl sites for hydroxylation is 1. The topological polar surface area (TPSA) is 12.5 Å². The molecule has 3 rings (SSSR count). The highest BCUT2D eigenvalue weighted by Crippen LogP contribution is 2.39. The number of anilines is 1. The summed E-state index contributed by atoms with van der Waals surface area (Å²) in [5.74, 6) is 1.95. The average molecular weight is 279 g/mol. The first kappa shape index (κ1) is 14.7. The number of rotatable bonds is 2. The lowest BCUT2D eigenvalue weighted by Crippen LogP contribution is -2.26. The van der Waals surface area contributed by atoms with E-state index < -0.39 is 0 Å². The Morgan fingerprint density at radius 3 is 2.74 bits per heavy atom. The summed E-state index contributed by atoms with van der Waals surface area (Å²) >= 11 is 1.97. The van der Waals surface area contributed by atoms with Crippen molar-refractivity contribution < 1.29 is 4.74 Å². The minimum absolute atomic E-state index is 0.809. The third-order valence-corrected chi connectivity index (χ3v) is 4.74. The van der Waals surface area contributed by atoms with E-state index in [0.29, 0.717) is 0 Å². The Morgan fingerprint density at radius 1 is 1.26 bits per heavy atom. The first-order valence-electron chi connectivity index (χ1n) is 7.40. The van der Waals surface area contributed by atoms with Gasteiger partial charge in [0.1, 0.15) is 0 Å². The Morgan fingerprint density at radius 2 is 2.00 bits per heavy atom. The van der Waals surface area contributed by atoms with Crippen molar-refractivity contribution in [2.75, 3.05) is 24.1 Å². The van der Waals surface area contributed by atoms with Crippen LogP contribution in [0.4, 0.5) is 5.69 Å². The fourth-order valence-electron chi connectivity index (χ4n) is 2.60. The molecule has 2 nitrogen and oxygen atoms in total. The summed E-state index contributed by atoms with van der Waals surface area (Å²) in [6, 6.07) is 6.83. The zero-order valence-electron chi connectivity index (χ0n) is 12.3. The van der Waals surface area contributed by atoms with Crippen molar-refractivity contribution in [2.45, 2.75) is 39.4 Å². The molecule has 2 aliphatic rings. The summed E-state index contributed by atoms with van der Waals surface area (Å²) in [7, 11) is 0. The van der Waals surface area contributed by atoms with Gasteiger partial charge in [-0.05, 0) is 49.3 Å². The van der Waals surface area contributed by atoms with Crippen molar-refractivity contribution >= 4 is 17.6 Å². The molecule has 1 aromatic rings. The van der Waals surface area contributed by atoms with Crippen LogP contribution in [-0.4, -0.2) is 19.8 Å². The minimum atomic E-state index is 0.809. The number of benzene rings is 1. The van der Waals surface area contributed by atoms with Crippen LogP contribution in [0.15, 0.2) is 18.2 Å². The lowest BCUT2D eigenvalue weighted by Gasteiger charge is -2.27. The monoisotopic (exact) mass is 279 g/mol. The number of nitrogens with zero attached hydrogens (tertiary/aromatic N) is 1. The summed E-state index contributed by atoms with van der Waals surface area (Å²) in [6.07, 6.45) is 2.44. The molecule has 1 aromatic carbocycles. The lowest BCUT2D eigenvalue weighted by atomic mass is 10.00. The molecule has 19 heavy (non-hydrogen) atoms. The third kappa shape index (κ3) is 3.67. The molecule has 0 radical (unpaired) electrons. The van der Waals surface area contributed by atoms with Gasteiger partial charge in [-0.3, -0.25) is 0 Å². The van der Waals surface area contributed by atoms with E-state index >= 15 is 0 Å². The zero-order chi connectivity index (χ0) is 13.7. The van der Waals surface area contributed by atoms with Crippen molar-refractivity contribution in [1.82, 2.24) is 0 Å². The quantitative estimate of drug-likeness (QED) is 0.744. The summed E-state index contributed by atoms with van der Waals surface area (Å²) in [5, 5.41) is 0. The van der Waals surface area contributed by atoms with Gasteiger partial charge in [-0.1, -0.05) is 31.5 Å². The second kappa shape index (κ2) is 7.20. The molecule has 0 amide bonds. The van der Waals surface area contributed by atoms with Crippen molar-refractivity contribution in [3.05, 3.63) is 29.3 Å². The van der Waals surface area contributed by atoms with Gasteiger partial charge < -0.3 is 9.04 Å². The Bertz CT molecular complexity index is 402. The van der Waals surface area contributed by atoms with Gasteiger partial charge >= 0.3 is 0 Å². The summed E-state index contributed by atoms with van der Waals surface area (Å²) < 4.78 is 7.91. The Balaban J connectivity index is 0.000000637. The summed E-state index contributed by atoms with van der Waals surface area (Å²) in [6.45, 7) is 9.25. The number of hydrogen-bond donors (Lipinski definition) is 0. The predicted molar refractivity (Wildman–Crippen MR) is 84.7 cm³/mol. The molecule has 0 atom stereocenters. The molecule has 0 N–H and O–H groups in total. The molecule has 0 spiro atoms. The minimum Gasteiger partial charge on any atom is -0.381 e. The third-order valence-electron chi connectivity index (χ3n) is 3.64. The van der Waals surface area contributed by atoms with Gasteiger partial charge in [0, 0.05) is 25.5 Å². The Hall–Kier alpha value is -0.670. The number of hydrogen-bond acceptors (Lipinski definition) is 3. The predicted octanol–water partition coefficient (Wildman–Crippen LogP) is 4.42. The van der Waals surface area contributed by atoms with Crippen LogP contribution in [0.5, 0.6) is 0 Å². The van der Waals surface area contributed by atoms with Gasteiger partial charge in [-0.15, -0.1) is 0 Å². The molecule has 0 aromatic heterocycles. The fraction of sp³-hybridized carbons (Fsp3) is 0.625. The van der Waals surface area contributed by atoms with E-state index in [0.717, 1.165) is 24.9 Å². The van der Waals surface area contributed by atoms with Gasteiger partial charge in [0.2, 0.25) is 0 Å². The molecule has 2 aliphatic heterocycles. The van der Waals surface area contributed by atoms with E-state index in [-0.39, 0.29) is 0 Å². The summed E-state index contributed by atoms with van der Waals surface area (Å²) in [5.41, 5.74) is 4.31. The van der Waals surface area contributed by atoms with Gasteiger partial charge in [-0.2, -0.15) is 0 Å². The molecule has 3 heteroatoms. The largest absolute Gasteiger partial charge is 0.381 e. The number of ether oxygens (including phenoxy) is 1. The van der Waals surface area contributed by atoms with Crippen LogP contribution < -0.4 is 4.31 Å². The Kier molecular flexibility index (Phi) is 5.59. The highest BCUT2D eigenvalue weighted by atomic mass is 32.2. The normalized spacial score (nSPS) is 18.8. The molecule has 1 saturated heterocycles. The van der Waals surface area contributed by atoms with Crippen LogP contribution in [0.1, 0.15) is 37.8 Å². The molecule has 0 saturated carbocycles. The van der Waals surface area contributed by atoms with Crippen molar-refractivity contribution in [3.63, 3.8) is 0 Å². The van der Waals surface area contributed by atoms with Crippen LogP contribution in [0.3, 0.4) is 0 Å². The van der Waals surface area contributed by atoms with E-state index in [1.807, 2.05) is 25.8 Å². The highest BCUT2D eigenvalue weighted by molar-refractivity contribution is 8.00. The van der Waals surface area contributed by atoms with E-state index in [1.165, 1.54) is 36.2 Å². The standard InChI is InChI=1S/C14H19NOS.C2H6/c1-11-2-3-14-13(8-11)10-17-15(14)9-12-4-6-16-7-5-12;1-2/h2-3,8,12H,4-7,9-10H2,1H3;1-2H3. The van der Waals surface area contributed by atoms with Crippen LogP contribution in [0.2, 0.25) is 0 Å². The van der Waals surface area contributed by atoms with Gasteiger partial charge in [0.25, 0.3) is 0 Å². The zero-order valence-corrected chi connectivity index (χ0v) is 13.1. The lowest BCUT2D eigenvalue weighted by molar-refractivity contribution is 0.0692. The van der Waals surface area contributed by atoms with E-state index in [9.17, 15) is 0 Å². The Labute approximate surface area is 121 Å². The van der Waals surface area contributed by atoms with Crippen molar-refractivity contribution in [2.24, 2.45) is 5.92 Å². The maximum Gasteiger partial charge on any atom is 0.0511 e. The van der Waals surface area contributed by atoms with Crippen molar-refractivity contribution in [3.8, 4) is 0 Å². The fourth-order valence-corrected chi connectivity index (χ4v) is 3.76. The second-order valence-corrected chi connectivity index (χ2v) is 6.01. The SMILES string of the molecule is CC.Cc1ccc2c(c1)CSN2CC1CCOCC1. The second-order valence-electron chi connectivity index (χ2n) is 5.02. The molecule has 0 aliphatic carbocycles. The highest BCUT2D eigenvalue weighted by Gasteiger charge is 2.24. The van der Waals surface area contributed by atoms with Crippen LogP contribution in [-0.2, 0) is 10.5 Å². The van der Waals surface area contributed by atoms with Gasteiger partial charge in [0.05, 0.1) is 5.69 Å². The van der Waals surface area contributed by atoms with Gasteiger partial charge in [0.15, 0.2) is 0 Å². The average Bonchev–Trinajstić information content (AvgIpc) is 2.84. The summed E-state index contributed by atoms with van der Waals surface area (Å²) in [4.78, 5) is 0. The molecule has 2 heterocycles. The molecular formula is C16H25NOS. The van der Waals surface area contributed by atoms with Crippen LogP contribution in [0, 0.1) is 12.8 Å². The maximum absolute atomic E-state index is 5.42.